The molecule has 0 amide bonds. The van der Waals surface area contributed by atoms with E-state index in [4.69, 9.17) is 60.5 Å². The number of rotatable bonds is 30. The van der Waals surface area contributed by atoms with Crippen molar-refractivity contribution in [3.8, 4) is 17.2 Å². The molecule has 11 aromatic carbocycles. The number of carbonyl (C=O) groups excluding carboxylic acids is 6. The number of ether oxygens (including phenoxy) is 11. The first-order chi connectivity index (χ1) is 70.6. The number of hydrogen-bond donors (Lipinski definition) is 0. The van der Waals surface area contributed by atoms with Crippen LogP contribution in [0.2, 0.25) is 0 Å². The standard InChI is InChI=1S/C30H29O5S.C30H31O5S.C29H29O6S2.C28H27O7S2/c1-18-13-23(36(21-9-5-3-6-10-21)22-11-7-4-8-12-22)14-19(2)27(18)33-17-26(31)34-28-20-15-24-25(16-20)30(32)35-29(24)28;1-4-26(33-18-27(31)34-28-21-16-24-25(17-21)30(32)35-29(24)28)19(2)15-20(3)36(22-11-7-5-8-12-22)23-13-9-6-10-14-23;1-18-13-23(36(21-9-5-3-6-10-21)22-11-7-4-8-12-22)14-19(2)27(18)33-17-26(30)34-28-20-15-24-25(16-20)37(31,32)35-29(24)28;1-17-13-21(36(19-9-5-3-6-10-19)20-11-7-4-8-12-20)14-18(2)25(17)32-16-24(29)34-26-22-15-23-27(33-22)28(26)35-37(23,30)31/h3-14,20,24-25,28-29H,15-17H2,1-2H3;4-15,21,24-25,28-29H,3,16-18H2,1-2H3;3-14,20,24-25,28-29H,15-17H2,1-2H3;3-14,22-23,26-28H,15-16H2,1-2H3/q4*+1/b;19-15-,26-4-;;. The molecule has 6 aliphatic carbocycles. The van der Waals surface area contributed by atoms with Gasteiger partial charge in [-0.05, 0) is 249 Å². The maximum Gasteiger partial charge on any atom is 0.344 e. The number of hydrogen-bond acceptors (Lipinski definition) is 23. The van der Waals surface area contributed by atoms with Crippen molar-refractivity contribution in [1.82, 2.24) is 0 Å². The van der Waals surface area contributed by atoms with Gasteiger partial charge in [0.05, 0.1) is 66.8 Å². The van der Waals surface area contributed by atoms with E-state index < -0.39 is 91.2 Å². The van der Waals surface area contributed by atoms with Gasteiger partial charge in [-0.3, -0.25) is 18.0 Å². The van der Waals surface area contributed by atoms with Crippen LogP contribution in [0, 0.1) is 88.9 Å². The van der Waals surface area contributed by atoms with E-state index in [1.165, 1.54) is 49.0 Å². The zero-order valence-corrected chi connectivity index (χ0v) is 87.0. The molecule has 6 saturated heterocycles. The lowest BCUT2D eigenvalue weighted by atomic mass is 9.88. The molecular formula is C117H116O23S6+4. The van der Waals surface area contributed by atoms with E-state index in [-0.39, 0.29) is 160 Å². The van der Waals surface area contributed by atoms with Gasteiger partial charge >= 0.3 is 35.8 Å². The van der Waals surface area contributed by atoms with E-state index in [2.05, 4.69) is 213 Å². The van der Waals surface area contributed by atoms with E-state index in [0.717, 1.165) is 80.9 Å². The van der Waals surface area contributed by atoms with Crippen LogP contribution in [0.15, 0.2) is 368 Å². The van der Waals surface area contributed by atoms with Gasteiger partial charge in [-0.1, -0.05) is 146 Å². The maximum atomic E-state index is 12.7. The topological polar surface area (TPSA) is 291 Å². The zero-order valence-electron chi connectivity index (χ0n) is 82.1. The summed E-state index contributed by atoms with van der Waals surface area (Å²) in [6, 6.07) is 96.2. The fourth-order valence-electron chi connectivity index (χ4n) is 23.5. The second-order valence-electron chi connectivity index (χ2n) is 39.1. The second kappa shape index (κ2) is 43.3. The Labute approximate surface area is 863 Å². The Kier molecular flexibility index (Phi) is 30.0. The highest BCUT2D eigenvalue weighted by molar-refractivity contribution is 8.01. The summed E-state index contributed by atoms with van der Waals surface area (Å²) in [5, 5.41) is -1.09. The molecule has 0 spiro atoms. The first kappa shape index (κ1) is 101. The third-order valence-electron chi connectivity index (χ3n) is 29.6. The summed E-state index contributed by atoms with van der Waals surface area (Å²) < 4.78 is 122. The molecular weight excluding hydrogens is 1970 g/mol. The highest BCUT2D eigenvalue weighted by Gasteiger charge is 2.69. The van der Waals surface area contributed by atoms with Crippen molar-refractivity contribution in [2.45, 2.75) is 226 Å². The van der Waals surface area contributed by atoms with Crippen molar-refractivity contribution in [3.63, 3.8) is 0 Å². The van der Waals surface area contributed by atoms with Crippen LogP contribution in [0.5, 0.6) is 17.2 Å². The molecule has 12 fully saturated rings. The monoisotopic (exact) mass is 2080 g/mol. The molecule has 20 atom stereocenters. The van der Waals surface area contributed by atoms with Gasteiger partial charge in [0.1, 0.15) is 77.1 Å². The number of fused-ring (bicyclic) bond motifs is 4. The predicted octanol–water partition coefficient (Wildman–Crippen LogP) is 19.7. The first-order valence-electron chi connectivity index (χ1n) is 49.5. The van der Waals surface area contributed by atoms with Crippen molar-refractivity contribution in [1.29, 1.82) is 0 Å². The molecule has 20 unspecified atom stereocenters. The van der Waals surface area contributed by atoms with Crippen LogP contribution in [0.1, 0.15) is 92.2 Å². The molecule has 23 nitrogen and oxygen atoms in total. The fourth-order valence-corrected chi connectivity index (χ4v) is 35.8. The Bertz CT molecular complexity index is 6560. The molecule has 8 bridgehead atoms. The van der Waals surface area contributed by atoms with E-state index in [9.17, 15) is 45.6 Å². The van der Waals surface area contributed by atoms with Gasteiger partial charge in [0, 0.05) is 78.0 Å². The highest BCUT2D eigenvalue weighted by Crippen LogP contribution is 2.59. The van der Waals surface area contributed by atoms with Crippen molar-refractivity contribution in [3.05, 3.63) is 347 Å². The first-order valence-corrected chi connectivity index (χ1v) is 57.4. The summed E-state index contributed by atoms with van der Waals surface area (Å²) in [7, 11) is -8.37. The fraction of sp³-hybridized carbons (Fsp3) is 0.333. The Morgan fingerprint density at radius 2 is 0.658 bits per heavy atom. The zero-order chi connectivity index (χ0) is 102. The minimum atomic E-state index is -3.66. The number of esters is 6. The van der Waals surface area contributed by atoms with Crippen molar-refractivity contribution in [2.24, 2.45) is 47.3 Å². The molecule has 0 radical (unpaired) electrons. The Morgan fingerprint density at radius 1 is 0.356 bits per heavy atom. The van der Waals surface area contributed by atoms with Gasteiger partial charge < -0.3 is 52.1 Å². The quantitative estimate of drug-likeness (QED) is 0.0101. The predicted molar refractivity (Wildman–Crippen MR) is 552 cm³/mol. The summed E-state index contributed by atoms with van der Waals surface area (Å²) in [4.78, 5) is 88.9. The SMILES string of the molecule is C=C(/C=C(C)\C(=C\C)OCC(=O)OC1C2CC3C(=O)OC1C3C2)[S+](c1ccccc1)c1ccccc1.Cc1cc([S+](c2ccccc2)c2ccccc2)cc(C)c1OCC(=O)OC1C2CC3C(=O)OC1C3C2.Cc1cc([S+](c2ccccc2)c2ccccc2)cc(C)c1OCC(=O)OC1C2CC3C(O2)C1OS3(=O)=O.Cc1cc([S+](c2ccccc2)c2ccccc2)cc(C)c1OCC(=O)OC1C2CC3C1OS(=O)(=O)C3C2. The van der Waals surface area contributed by atoms with Gasteiger partial charge in [0.15, 0.2) is 91.3 Å². The third kappa shape index (κ3) is 21.0. The minimum Gasteiger partial charge on any atom is -0.482 e. The molecule has 0 aromatic heterocycles. The molecule has 146 heavy (non-hydrogen) atoms. The van der Waals surface area contributed by atoms with Crippen LogP contribution >= 0.6 is 0 Å². The van der Waals surface area contributed by atoms with Gasteiger partial charge in [-0.25, -0.2) is 19.2 Å². The van der Waals surface area contributed by atoms with E-state index in [1.54, 1.807) is 0 Å². The summed E-state index contributed by atoms with van der Waals surface area (Å²) in [6.45, 7) is 19.3. The normalized spacial score (nSPS) is 26.6. The lowest BCUT2D eigenvalue weighted by Gasteiger charge is -2.25. The van der Waals surface area contributed by atoms with Crippen LogP contribution in [-0.2, 0) is 139 Å². The van der Waals surface area contributed by atoms with Crippen LogP contribution in [-0.4, -0.2) is 151 Å². The van der Waals surface area contributed by atoms with Gasteiger partial charge in [0.2, 0.25) is 0 Å². The molecule has 6 saturated carbocycles. The van der Waals surface area contributed by atoms with E-state index in [0.29, 0.717) is 29.4 Å². The van der Waals surface area contributed by atoms with Crippen molar-refractivity contribution >= 4 is 99.6 Å². The van der Waals surface area contributed by atoms with Crippen LogP contribution < -0.4 is 14.2 Å². The molecule has 6 aliphatic heterocycles. The second-order valence-corrected chi connectivity index (χ2v) is 50.8. The molecule has 29 heteroatoms. The molecule has 23 rings (SSSR count). The Balaban J connectivity index is 0.000000118. The van der Waals surface area contributed by atoms with Crippen LogP contribution in [0.25, 0.3) is 0 Å². The Hall–Kier alpha value is -12.2. The number of aryl methyl sites for hydroxylation is 6. The molecule has 11 aromatic rings. The molecule has 0 N–H and O–H groups in total. The van der Waals surface area contributed by atoms with E-state index in [1.807, 2.05) is 140 Å². The summed E-state index contributed by atoms with van der Waals surface area (Å²) in [5.41, 5.74) is 6.57. The van der Waals surface area contributed by atoms with Crippen LogP contribution in [0.4, 0.5) is 0 Å². The number of benzene rings is 11. The highest BCUT2D eigenvalue weighted by atomic mass is 32.2. The smallest absolute Gasteiger partial charge is 0.344 e. The van der Waals surface area contributed by atoms with E-state index >= 15 is 0 Å². The summed E-state index contributed by atoms with van der Waals surface area (Å²) >= 11 is 0. The van der Waals surface area contributed by atoms with Crippen molar-refractivity contribution in [2.75, 3.05) is 26.4 Å². The average molecular weight is 2080 g/mol. The average Bonchev–Trinajstić information content (AvgIpc) is 1.56. The van der Waals surface area contributed by atoms with Gasteiger partial charge in [0.25, 0.3) is 20.2 Å². The largest absolute Gasteiger partial charge is 0.482 e. The summed E-state index contributed by atoms with van der Waals surface area (Å²) in [6.07, 6.45) is 3.88. The van der Waals surface area contributed by atoms with Crippen molar-refractivity contribution < 1.29 is 106 Å². The molecule has 12 aliphatic rings. The lowest BCUT2D eigenvalue weighted by Crippen LogP contribution is -2.42. The maximum absolute atomic E-state index is 12.7. The lowest BCUT2D eigenvalue weighted by molar-refractivity contribution is -0.164. The number of carbonyl (C=O) groups is 6. The summed E-state index contributed by atoms with van der Waals surface area (Å²) in [5.74, 6) is 1.24. The third-order valence-corrected chi connectivity index (χ3v) is 41.8. The van der Waals surface area contributed by atoms with Crippen LogP contribution in [0.3, 0.4) is 0 Å². The van der Waals surface area contributed by atoms with Gasteiger partial charge in [-0.2, -0.15) is 16.8 Å². The Morgan fingerprint density at radius 3 is 1.01 bits per heavy atom. The molecule has 754 valence electrons. The number of allylic oxidation sites excluding steroid dienone is 3. The van der Waals surface area contributed by atoms with Gasteiger partial charge in [-0.15, -0.1) is 0 Å². The molecule has 6 heterocycles. The minimum absolute atomic E-state index is 0.00183.